The van der Waals surface area contributed by atoms with E-state index in [-0.39, 0.29) is 17.3 Å². The van der Waals surface area contributed by atoms with Crippen molar-refractivity contribution in [1.82, 2.24) is 0 Å². The number of hydrogen-bond acceptors (Lipinski definition) is 2. The quantitative estimate of drug-likeness (QED) is 0.510. The lowest BCUT2D eigenvalue weighted by atomic mass is 9.80. The van der Waals surface area contributed by atoms with E-state index in [1.165, 1.54) is 10.6 Å². The highest BCUT2D eigenvalue weighted by Gasteiger charge is 2.41. The van der Waals surface area contributed by atoms with Gasteiger partial charge in [-0.2, -0.15) is 8.42 Å². The Labute approximate surface area is 169 Å². The molecule has 0 aliphatic heterocycles. The number of rotatable bonds is 8. The molecule has 148 valence electrons. The largest absolute Gasteiger partial charge is 0.286 e. The van der Waals surface area contributed by atoms with Gasteiger partial charge in [-0.3, -0.25) is 4.55 Å². The first kappa shape index (κ1) is 21.0. The fourth-order valence-corrected chi connectivity index (χ4v) is 8.33. The lowest BCUT2D eigenvalue weighted by Crippen LogP contribution is -2.40. The van der Waals surface area contributed by atoms with E-state index in [1.54, 1.807) is 0 Å². The van der Waals surface area contributed by atoms with Crippen molar-refractivity contribution in [3.05, 3.63) is 85.0 Å². The van der Waals surface area contributed by atoms with E-state index >= 15 is 0 Å². The Balaban J connectivity index is 2.04. The molecule has 0 radical (unpaired) electrons. The fourth-order valence-electron chi connectivity index (χ4n) is 4.00. The second kappa shape index (κ2) is 8.73. The van der Waals surface area contributed by atoms with Crippen LogP contribution in [0.15, 0.2) is 85.0 Å². The molecule has 1 aliphatic carbocycles. The predicted molar refractivity (Wildman–Crippen MR) is 119 cm³/mol. The van der Waals surface area contributed by atoms with E-state index in [0.717, 1.165) is 0 Å². The van der Waals surface area contributed by atoms with Gasteiger partial charge in [0, 0.05) is 0 Å². The summed E-state index contributed by atoms with van der Waals surface area (Å²) in [4.78, 5) is 0. The molecule has 2 aromatic rings. The summed E-state index contributed by atoms with van der Waals surface area (Å²) in [6.07, 6.45) is 8.88. The molecular formula is C23H27O3PS. The summed E-state index contributed by atoms with van der Waals surface area (Å²) in [5.41, 5.74) is -0.522. The van der Waals surface area contributed by atoms with Crippen molar-refractivity contribution < 1.29 is 13.0 Å². The van der Waals surface area contributed by atoms with Crippen LogP contribution in [0.5, 0.6) is 0 Å². The van der Waals surface area contributed by atoms with Gasteiger partial charge in [-0.05, 0) is 41.9 Å². The van der Waals surface area contributed by atoms with Gasteiger partial charge in [0.25, 0.3) is 10.1 Å². The van der Waals surface area contributed by atoms with Crippen molar-refractivity contribution >= 4 is 28.6 Å². The molecule has 0 amide bonds. The van der Waals surface area contributed by atoms with Crippen molar-refractivity contribution in [2.45, 2.75) is 25.9 Å². The third kappa shape index (κ3) is 5.20. The smallest absolute Gasteiger partial charge is 0.265 e. The molecule has 2 aromatic carbocycles. The molecular weight excluding hydrogens is 387 g/mol. The molecule has 0 fully saturated rings. The molecule has 0 heterocycles. The number of benzene rings is 2. The molecule has 5 heteroatoms. The van der Waals surface area contributed by atoms with E-state index in [1.807, 2.05) is 55.5 Å². The maximum Gasteiger partial charge on any atom is 0.265 e. The zero-order chi connectivity index (χ0) is 20.2. The Bertz CT molecular complexity index is 887. The molecule has 2 unspecified atom stereocenters. The minimum atomic E-state index is -4.10. The highest BCUT2D eigenvalue weighted by Crippen LogP contribution is 2.51. The standard InChI is InChI=1S/C23H27O3PS/c1-19(23(2,18-28(24,25)26)17-20-11-9-10-12-20)27(21-13-5-3-6-14-21)22-15-7-4-8-16-22/h3-16,19-20H,17-18H2,1-2H3,(H,24,25,26). The summed E-state index contributed by atoms with van der Waals surface area (Å²) < 4.78 is 33.6. The van der Waals surface area contributed by atoms with E-state index in [0.29, 0.717) is 6.42 Å². The van der Waals surface area contributed by atoms with Crippen LogP contribution in [0.4, 0.5) is 0 Å². The monoisotopic (exact) mass is 414 g/mol. The predicted octanol–water partition coefficient (Wildman–Crippen LogP) is 4.53. The van der Waals surface area contributed by atoms with Crippen molar-refractivity contribution in [1.29, 1.82) is 0 Å². The first-order valence-corrected chi connectivity index (χ1v) is 12.5. The normalized spacial score (nSPS) is 17.7. The topological polar surface area (TPSA) is 54.4 Å². The van der Waals surface area contributed by atoms with Crippen molar-refractivity contribution in [3.8, 4) is 0 Å². The minimum absolute atomic E-state index is 0.0524. The minimum Gasteiger partial charge on any atom is -0.286 e. The summed E-state index contributed by atoms with van der Waals surface area (Å²) in [5, 5.41) is 2.44. The Morgan fingerprint density at radius 1 is 0.964 bits per heavy atom. The average Bonchev–Trinajstić information content (AvgIpc) is 3.15. The summed E-state index contributed by atoms with van der Waals surface area (Å²) >= 11 is 0. The van der Waals surface area contributed by atoms with Crippen molar-refractivity contribution in [2.75, 3.05) is 5.75 Å². The van der Waals surface area contributed by atoms with Gasteiger partial charge >= 0.3 is 0 Å². The zero-order valence-electron chi connectivity index (χ0n) is 16.3. The molecule has 2 atom stereocenters. The van der Waals surface area contributed by atoms with Gasteiger partial charge in [-0.25, -0.2) is 0 Å². The maximum atomic E-state index is 11.9. The Morgan fingerprint density at radius 3 is 1.86 bits per heavy atom. The van der Waals surface area contributed by atoms with Gasteiger partial charge in [-0.1, -0.05) is 98.8 Å². The second-order valence-corrected chi connectivity index (χ2v) is 11.7. The van der Waals surface area contributed by atoms with Crippen LogP contribution in [-0.4, -0.2) is 24.4 Å². The van der Waals surface area contributed by atoms with Gasteiger partial charge in [0.2, 0.25) is 0 Å². The third-order valence-electron chi connectivity index (χ3n) is 5.51. The van der Waals surface area contributed by atoms with E-state index in [4.69, 9.17) is 0 Å². The molecule has 3 nitrogen and oxygen atoms in total. The summed E-state index contributed by atoms with van der Waals surface area (Å²) in [5.74, 6) is -0.0460. The van der Waals surface area contributed by atoms with Gasteiger partial charge in [0.15, 0.2) is 0 Å². The highest BCUT2D eigenvalue weighted by atomic mass is 32.2. The van der Waals surface area contributed by atoms with Crippen LogP contribution in [0, 0.1) is 11.3 Å². The molecule has 0 saturated heterocycles. The van der Waals surface area contributed by atoms with Gasteiger partial charge in [0.1, 0.15) is 0 Å². The molecule has 3 rings (SSSR count). The third-order valence-corrected chi connectivity index (χ3v) is 9.64. The molecule has 0 aromatic heterocycles. The summed E-state index contributed by atoms with van der Waals surface area (Å²) in [7, 11) is -4.90. The molecule has 0 bridgehead atoms. The van der Waals surface area contributed by atoms with Crippen LogP contribution < -0.4 is 10.6 Å². The van der Waals surface area contributed by atoms with Crippen LogP contribution in [0.2, 0.25) is 0 Å². The Morgan fingerprint density at radius 2 is 1.43 bits per heavy atom. The fraction of sp³-hybridized carbons (Fsp3) is 0.304. The molecule has 0 spiro atoms. The number of hydrogen-bond donors (Lipinski definition) is 1. The summed E-state index contributed by atoms with van der Waals surface area (Å²) in [6, 6.07) is 20.6. The molecule has 0 saturated carbocycles. The SMILES string of the molecule is CC(P(c1ccccc1)c1ccccc1)C(C)(CC1C=CC=C1)CS(=O)(=O)O. The lowest BCUT2D eigenvalue weighted by molar-refractivity contribution is 0.303. The lowest BCUT2D eigenvalue weighted by Gasteiger charge is -2.41. The van der Waals surface area contributed by atoms with E-state index in [9.17, 15) is 13.0 Å². The van der Waals surface area contributed by atoms with Crippen molar-refractivity contribution in [2.24, 2.45) is 11.3 Å². The first-order valence-electron chi connectivity index (χ1n) is 9.48. The first-order chi connectivity index (χ1) is 13.3. The van der Waals surface area contributed by atoms with Gasteiger partial charge in [0.05, 0.1) is 5.75 Å². The number of allylic oxidation sites excluding steroid dienone is 4. The average molecular weight is 415 g/mol. The van der Waals surface area contributed by atoms with Gasteiger partial charge in [-0.15, -0.1) is 0 Å². The summed E-state index contributed by atoms with van der Waals surface area (Å²) in [6.45, 7) is 4.14. The zero-order valence-corrected chi connectivity index (χ0v) is 18.0. The Kier molecular flexibility index (Phi) is 6.54. The Hall–Kier alpha value is -1.74. The second-order valence-electron chi connectivity index (χ2n) is 7.74. The van der Waals surface area contributed by atoms with E-state index in [2.05, 4.69) is 43.3 Å². The highest BCUT2D eigenvalue weighted by molar-refractivity contribution is 7.85. The van der Waals surface area contributed by atoms with Crippen LogP contribution in [0.3, 0.4) is 0 Å². The van der Waals surface area contributed by atoms with Crippen LogP contribution in [-0.2, 0) is 10.1 Å². The van der Waals surface area contributed by atoms with Crippen LogP contribution in [0.25, 0.3) is 0 Å². The van der Waals surface area contributed by atoms with Gasteiger partial charge < -0.3 is 0 Å². The van der Waals surface area contributed by atoms with Crippen LogP contribution in [0.1, 0.15) is 20.3 Å². The maximum absolute atomic E-state index is 11.9. The molecule has 28 heavy (non-hydrogen) atoms. The van der Waals surface area contributed by atoms with Crippen LogP contribution >= 0.6 is 7.92 Å². The van der Waals surface area contributed by atoms with Crippen molar-refractivity contribution in [3.63, 3.8) is 0 Å². The van der Waals surface area contributed by atoms with E-state index < -0.39 is 23.5 Å². The molecule has 1 aliphatic rings. The molecule has 1 N–H and O–H groups in total.